The maximum Gasteiger partial charge on any atom is 0.212 e. The smallest absolute Gasteiger partial charge is 0.212 e. The summed E-state index contributed by atoms with van der Waals surface area (Å²) in [6.07, 6.45) is 0. The second kappa shape index (κ2) is 2.58. The first kappa shape index (κ1) is 7.79. The van der Waals surface area contributed by atoms with E-state index in [-0.39, 0.29) is 5.88 Å². The lowest BCUT2D eigenvalue weighted by Gasteiger charge is -2.02. The fraction of sp³-hybridized carbons (Fsp3) is 0.111. The molecule has 2 aromatic heterocycles. The van der Waals surface area contributed by atoms with Crippen LogP contribution >= 0.6 is 0 Å². The highest BCUT2D eigenvalue weighted by molar-refractivity contribution is 5.87. The summed E-state index contributed by atoms with van der Waals surface area (Å²) in [6, 6.07) is 4.98. The van der Waals surface area contributed by atoms with Crippen LogP contribution in [-0.2, 0) is 0 Å². The van der Waals surface area contributed by atoms with Crippen molar-refractivity contribution in [3.63, 3.8) is 0 Å². The standard InChI is InChI=1S/C9H9N3O/c1-5-4-7(10)6-2-3-8(13)12-9(6)11-5/h2-4H,1H3,(H3,10,11,12,13). The molecule has 0 spiro atoms. The van der Waals surface area contributed by atoms with Crippen molar-refractivity contribution >= 4 is 16.7 Å². The van der Waals surface area contributed by atoms with Gasteiger partial charge in [-0.3, -0.25) is 0 Å². The van der Waals surface area contributed by atoms with Crippen LogP contribution in [0.5, 0.6) is 5.88 Å². The predicted molar refractivity (Wildman–Crippen MR) is 50.4 cm³/mol. The minimum absolute atomic E-state index is 0.0370. The Balaban J connectivity index is 2.86. The van der Waals surface area contributed by atoms with Gasteiger partial charge in [-0.1, -0.05) is 0 Å². The lowest BCUT2D eigenvalue weighted by molar-refractivity contribution is 0.455. The van der Waals surface area contributed by atoms with Crippen molar-refractivity contribution in [3.05, 3.63) is 23.9 Å². The fourth-order valence-electron chi connectivity index (χ4n) is 1.25. The molecule has 4 heteroatoms. The van der Waals surface area contributed by atoms with Crippen LogP contribution in [0.2, 0.25) is 0 Å². The molecular weight excluding hydrogens is 166 g/mol. The van der Waals surface area contributed by atoms with Gasteiger partial charge in [0.15, 0.2) is 5.65 Å². The van der Waals surface area contributed by atoms with Crippen LogP contribution in [0.25, 0.3) is 11.0 Å². The molecule has 3 N–H and O–H groups in total. The lowest BCUT2D eigenvalue weighted by Crippen LogP contribution is -1.93. The van der Waals surface area contributed by atoms with E-state index < -0.39 is 0 Å². The van der Waals surface area contributed by atoms with Crippen molar-refractivity contribution in [1.82, 2.24) is 9.97 Å². The summed E-state index contributed by atoms with van der Waals surface area (Å²) >= 11 is 0. The molecule has 0 aliphatic heterocycles. The van der Waals surface area contributed by atoms with Gasteiger partial charge in [0.1, 0.15) is 0 Å². The predicted octanol–water partition coefficient (Wildman–Crippen LogP) is 1.23. The monoisotopic (exact) mass is 175 g/mol. The molecule has 0 saturated carbocycles. The van der Waals surface area contributed by atoms with Gasteiger partial charge in [0.2, 0.25) is 5.88 Å². The van der Waals surface area contributed by atoms with Crippen LogP contribution in [0.1, 0.15) is 5.69 Å². The van der Waals surface area contributed by atoms with Crippen molar-refractivity contribution in [3.8, 4) is 5.88 Å². The molecular formula is C9H9N3O. The summed E-state index contributed by atoms with van der Waals surface area (Å²) in [5.74, 6) is -0.0370. The van der Waals surface area contributed by atoms with Crippen LogP contribution in [0.15, 0.2) is 18.2 Å². The zero-order chi connectivity index (χ0) is 9.42. The number of nitrogens with two attached hydrogens (primary N) is 1. The number of rotatable bonds is 0. The highest BCUT2D eigenvalue weighted by Gasteiger charge is 2.02. The summed E-state index contributed by atoms with van der Waals surface area (Å²) in [5.41, 5.74) is 7.66. The molecule has 0 saturated heterocycles. The molecule has 0 aromatic carbocycles. The minimum Gasteiger partial charge on any atom is -0.493 e. The number of hydrogen-bond donors (Lipinski definition) is 2. The van der Waals surface area contributed by atoms with Gasteiger partial charge in [-0.15, -0.1) is 0 Å². The summed E-state index contributed by atoms with van der Waals surface area (Å²) in [6.45, 7) is 1.83. The van der Waals surface area contributed by atoms with E-state index in [2.05, 4.69) is 9.97 Å². The SMILES string of the molecule is Cc1cc(N)c2ccc(O)nc2n1. The number of aromatic hydroxyl groups is 1. The topological polar surface area (TPSA) is 72.0 Å². The van der Waals surface area contributed by atoms with Gasteiger partial charge < -0.3 is 10.8 Å². The fourth-order valence-corrected chi connectivity index (χ4v) is 1.25. The van der Waals surface area contributed by atoms with Gasteiger partial charge in [-0.05, 0) is 19.1 Å². The Morgan fingerprint density at radius 1 is 1.31 bits per heavy atom. The molecule has 13 heavy (non-hydrogen) atoms. The number of hydrogen-bond acceptors (Lipinski definition) is 4. The van der Waals surface area contributed by atoms with Crippen LogP contribution < -0.4 is 5.73 Å². The molecule has 0 amide bonds. The lowest BCUT2D eigenvalue weighted by atomic mass is 10.2. The molecule has 0 aliphatic rings. The summed E-state index contributed by atoms with van der Waals surface area (Å²) in [4.78, 5) is 8.01. The van der Waals surface area contributed by atoms with E-state index in [9.17, 15) is 0 Å². The Labute approximate surface area is 75.1 Å². The number of fused-ring (bicyclic) bond motifs is 1. The van der Waals surface area contributed by atoms with E-state index >= 15 is 0 Å². The van der Waals surface area contributed by atoms with Crippen molar-refractivity contribution in [2.75, 3.05) is 5.73 Å². The quantitative estimate of drug-likeness (QED) is 0.631. The Morgan fingerprint density at radius 3 is 2.85 bits per heavy atom. The number of aromatic nitrogens is 2. The number of anilines is 1. The first-order chi connectivity index (χ1) is 6.16. The van der Waals surface area contributed by atoms with Gasteiger partial charge in [-0.2, -0.15) is 4.98 Å². The van der Waals surface area contributed by atoms with Crippen LogP contribution in [0.4, 0.5) is 5.69 Å². The van der Waals surface area contributed by atoms with Crippen molar-refractivity contribution in [2.24, 2.45) is 0 Å². The Kier molecular flexibility index (Phi) is 1.55. The highest BCUT2D eigenvalue weighted by atomic mass is 16.3. The van der Waals surface area contributed by atoms with Crippen molar-refractivity contribution in [2.45, 2.75) is 6.92 Å². The first-order valence-electron chi connectivity index (χ1n) is 3.89. The van der Waals surface area contributed by atoms with Crippen LogP contribution in [0, 0.1) is 6.92 Å². The minimum atomic E-state index is -0.0370. The van der Waals surface area contributed by atoms with E-state index in [1.54, 1.807) is 12.1 Å². The third-order valence-electron chi connectivity index (χ3n) is 1.82. The summed E-state index contributed by atoms with van der Waals surface area (Å²) < 4.78 is 0. The molecule has 4 nitrogen and oxygen atoms in total. The van der Waals surface area contributed by atoms with Gasteiger partial charge >= 0.3 is 0 Å². The van der Waals surface area contributed by atoms with E-state index in [4.69, 9.17) is 10.8 Å². The molecule has 0 atom stereocenters. The Morgan fingerprint density at radius 2 is 2.08 bits per heavy atom. The molecule has 2 heterocycles. The third kappa shape index (κ3) is 1.26. The molecule has 0 unspecified atom stereocenters. The molecule has 2 rings (SSSR count). The summed E-state index contributed by atoms with van der Waals surface area (Å²) in [5, 5.41) is 9.89. The average molecular weight is 175 g/mol. The Bertz CT molecular complexity index is 462. The second-order valence-electron chi connectivity index (χ2n) is 2.89. The van der Waals surface area contributed by atoms with E-state index in [0.29, 0.717) is 11.3 Å². The summed E-state index contributed by atoms with van der Waals surface area (Å²) in [7, 11) is 0. The highest BCUT2D eigenvalue weighted by Crippen LogP contribution is 2.20. The van der Waals surface area contributed by atoms with E-state index in [1.165, 1.54) is 6.07 Å². The average Bonchev–Trinajstić information content (AvgIpc) is 2.02. The van der Waals surface area contributed by atoms with Gasteiger partial charge in [0.05, 0.1) is 0 Å². The van der Waals surface area contributed by atoms with Gasteiger partial charge in [0.25, 0.3) is 0 Å². The van der Waals surface area contributed by atoms with Crippen molar-refractivity contribution in [1.29, 1.82) is 0 Å². The number of pyridine rings is 2. The zero-order valence-corrected chi connectivity index (χ0v) is 7.15. The van der Waals surface area contributed by atoms with Gasteiger partial charge in [-0.25, -0.2) is 4.98 Å². The first-order valence-corrected chi connectivity index (χ1v) is 3.89. The van der Waals surface area contributed by atoms with Crippen LogP contribution in [0.3, 0.4) is 0 Å². The molecule has 66 valence electrons. The molecule has 0 fully saturated rings. The van der Waals surface area contributed by atoms with Crippen molar-refractivity contribution < 1.29 is 5.11 Å². The number of nitrogen functional groups attached to an aromatic ring is 1. The largest absolute Gasteiger partial charge is 0.493 e. The number of aryl methyl sites for hydroxylation is 1. The van der Waals surface area contributed by atoms with Gasteiger partial charge in [0, 0.05) is 22.8 Å². The van der Waals surface area contributed by atoms with E-state index in [1.807, 2.05) is 6.92 Å². The normalized spacial score (nSPS) is 10.5. The molecule has 0 radical (unpaired) electrons. The maximum absolute atomic E-state index is 9.12. The number of nitrogens with zero attached hydrogens (tertiary/aromatic N) is 2. The molecule has 2 aromatic rings. The van der Waals surface area contributed by atoms with E-state index in [0.717, 1.165) is 11.1 Å². The molecule has 0 bridgehead atoms. The Hall–Kier alpha value is -1.84. The molecule has 0 aliphatic carbocycles. The van der Waals surface area contributed by atoms with Crippen LogP contribution in [-0.4, -0.2) is 15.1 Å². The maximum atomic E-state index is 9.12. The second-order valence-corrected chi connectivity index (χ2v) is 2.89. The zero-order valence-electron chi connectivity index (χ0n) is 7.15. The third-order valence-corrected chi connectivity index (χ3v) is 1.82.